The van der Waals surface area contributed by atoms with Crippen molar-refractivity contribution in [3.05, 3.63) is 17.0 Å². The lowest BCUT2D eigenvalue weighted by Gasteiger charge is -2.22. The summed E-state index contributed by atoms with van der Waals surface area (Å²) in [7, 11) is 1.70. The molecule has 2 aliphatic heterocycles. The Morgan fingerprint density at radius 3 is 2.54 bits per heavy atom. The molecule has 0 aliphatic carbocycles. The summed E-state index contributed by atoms with van der Waals surface area (Å²) < 4.78 is 7.03. The lowest BCUT2D eigenvalue weighted by Crippen LogP contribution is -2.40. The fourth-order valence-corrected chi connectivity index (χ4v) is 3.65. The van der Waals surface area contributed by atoms with Crippen LogP contribution < -0.4 is 0 Å². The third kappa shape index (κ3) is 2.65. The minimum Gasteiger partial charge on any atom is -0.439 e. The highest BCUT2D eigenvalue weighted by Gasteiger charge is 2.49. The van der Waals surface area contributed by atoms with E-state index in [2.05, 4.69) is 5.10 Å². The van der Waals surface area contributed by atoms with Gasteiger partial charge < -0.3 is 14.5 Å². The SMILES string of the molecule is CC(=O)c1c(C)nn(CC(=O)N2CC[C@]3(CN(C)C(=O)O3)C2)c1C. The monoisotopic (exact) mass is 334 g/mol. The van der Waals surface area contributed by atoms with Gasteiger partial charge in [-0.15, -0.1) is 0 Å². The number of aryl methyl sites for hydroxylation is 1. The Balaban J connectivity index is 1.70. The second-order valence-electron chi connectivity index (χ2n) is 6.73. The molecule has 0 radical (unpaired) electrons. The Labute approximate surface area is 140 Å². The lowest BCUT2D eigenvalue weighted by atomic mass is 10.0. The van der Waals surface area contributed by atoms with Gasteiger partial charge in [-0.05, 0) is 20.8 Å². The van der Waals surface area contributed by atoms with Gasteiger partial charge in [0.15, 0.2) is 11.4 Å². The number of likely N-dealkylation sites (N-methyl/N-ethyl adjacent to an activating group) is 1. The van der Waals surface area contributed by atoms with Gasteiger partial charge in [-0.3, -0.25) is 14.3 Å². The van der Waals surface area contributed by atoms with Gasteiger partial charge in [0.2, 0.25) is 5.91 Å². The second kappa shape index (κ2) is 5.61. The zero-order chi connectivity index (χ0) is 17.6. The Morgan fingerprint density at radius 2 is 2.00 bits per heavy atom. The van der Waals surface area contributed by atoms with Crippen molar-refractivity contribution >= 4 is 17.8 Å². The van der Waals surface area contributed by atoms with Crippen LogP contribution in [0.1, 0.15) is 35.1 Å². The molecule has 24 heavy (non-hydrogen) atoms. The molecule has 1 atom stereocenters. The molecule has 1 aromatic heterocycles. The van der Waals surface area contributed by atoms with E-state index in [0.29, 0.717) is 43.0 Å². The smallest absolute Gasteiger partial charge is 0.410 e. The maximum absolute atomic E-state index is 12.6. The van der Waals surface area contributed by atoms with E-state index < -0.39 is 5.60 Å². The molecule has 1 aromatic rings. The van der Waals surface area contributed by atoms with Gasteiger partial charge in [0.05, 0.1) is 24.3 Å². The molecule has 0 N–H and O–H groups in total. The van der Waals surface area contributed by atoms with Crippen molar-refractivity contribution in [1.82, 2.24) is 19.6 Å². The molecule has 8 nitrogen and oxygen atoms in total. The molecular formula is C16H22N4O4. The lowest BCUT2D eigenvalue weighted by molar-refractivity contribution is -0.131. The van der Waals surface area contributed by atoms with Crippen LogP contribution in [0.25, 0.3) is 0 Å². The van der Waals surface area contributed by atoms with Crippen molar-refractivity contribution in [1.29, 1.82) is 0 Å². The molecule has 0 bridgehead atoms. The molecule has 0 saturated carbocycles. The highest BCUT2D eigenvalue weighted by molar-refractivity contribution is 5.96. The van der Waals surface area contributed by atoms with E-state index in [0.717, 1.165) is 0 Å². The van der Waals surface area contributed by atoms with Gasteiger partial charge in [0.1, 0.15) is 6.54 Å². The summed E-state index contributed by atoms with van der Waals surface area (Å²) in [6, 6.07) is 0. The van der Waals surface area contributed by atoms with Crippen molar-refractivity contribution in [2.75, 3.05) is 26.7 Å². The Morgan fingerprint density at radius 1 is 1.29 bits per heavy atom. The summed E-state index contributed by atoms with van der Waals surface area (Å²) in [4.78, 5) is 39.1. The number of hydrogen-bond acceptors (Lipinski definition) is 5. The quantitative estimate of drug-likeness (QED) is 0.762. The highest BCUT2D eigenvalue weighted by atomic mass is 16.6. The van der Waals surface area contributed by atoms with Gasteiger partial charge in [-0.25, -0.2) is 4.79 Å². The van der Waals surface area contributed by atoms with Crippen LogP contribution >= 0.6 is 0 Å². The van der Waals surface area contributed by atoms with Crippen molar-refractivity contribution < 1.29 is 19.1 Å². The van der Waals surface area contributed by atoms with Gasteiger partial charge in [0, 0.05) is 25.7 Å². The molecular weight excluding hydrogens is 312 g/mol. The molecule has 0 aromatic carbocycles. The van der Waals surface area contributed by atoms with E-state index in [4.69, 9.17) is 4.74 Å². The number of rotatable bonds is 3. The first-order valence-electron chi connectivity index (χ1n) is 7.99. The number of amides is 2. The Kier molecular flexibility index (Phi) is 3.85. The Bertz CT molecular complexity index is 726. The topological polar surface area (TPSA) is 84.7 Å². The molecule has 8 heteroatoms. The molecule has 2 saturated heterocycles. The van der Waals surface area contributed by atoms with Crippen LogP contribution in [0.5, 0.6) is 0 Å². The predicted molar refractivity (Wildman–Crippen MR) is 84.7 cm³/mol. The number of nitrogens with zero attached hydrogens (tertiary/aromatic N) is 4. The van der Waals surface area contributed by atoms with Crippen molar-refractivity contribution in [3.8, 4) is 0 Å². The summed E-state index contributed by atoms with van der Waals surface area (Å²) in [5.41, 5.74) is 1.33. The van der Waals surface area contributed by atoms with Crippen LogP contribution in [0.4, 0.5) is 4.79 Å². The van der Waals surface area contributed by atoms with E-state index >= 15 is 0 Å². The predicted octanol–water partition coefficient (Wildman–Crippen LogP) is 0.756. The number of carbonyl (C=O) groups excluding carboxylic acids is 3. The largest absolute Gasteiger partial charge is 0.439 e. The molecule has 3 rings (SSSR count). The van der Waals surface area contributed by atoms with Crippen LogP contribution in [0, 0.1) is 13.8 Å². The number of hydrogen-bond donors (Lipinski definition) is 0. The first-order valence-corrected chi connectivity index (χ1v) is 7.99. The van der Waals surface area contributed by atoms with E-state index in [-0.39, 0.29) is 24.3 Å². The molecule has 0 unspecified atom stereocenters. The minimum atomic E-state index is -0.582. The molecule has 2 aliphatic rings. The highest BCUT2D eigenvalue weighted by Crippen LogP contribution is 2.31. The van der Waals surface area contributed by atoms with Gasteiger partial charge in [-0.2, -0.15) is 5.10 Å². The third-order valence-corrected chi connectivity index (χ3v) is 4.83. The molecule has 3 heterocycles. The van der Waals surface area contributed by atoms with Crippen LogP contribution in [-0.4, -0.2) is 69.6 Å². The van der Waals surface area contributed by atoms with Crippen molar-refractivity contribution in [3.63, 3.8) is 0 Å². The van der Waals surface area contributed by atoms with Crippen LogP contribution in [0.15, 0.2) is 0 Å². The van der Waals surface area contributed by atoms with Crippen molar-refractivity contribution in [2.45, 2.75) is 39.3 Å². The summed E-state index contributed by atoms with van der Waals surface area (Å²) in [6.07, 6.45) is 0.305. The number of likely N-dealkylation sites (tertiary alicyclic amines) is 1. The first kappa shape index (κ1) is 16.5. The summed E-state index contributed by atoms with van der Waals surface area (Å²) in [6.45, 7) is 6.61. The molecule has 1 spiro atoms. The number of aromatic nitrogens is 2. The van der Waals surface area contributed by atoms with Crippen molar-refractivity contribution in [2.24, 2.45) is 0 Å². The average molecular weight is 334 g/mol. The van der Waals surface area contributed by atoms with Gasteiger partial charge in [0.25, 0.3) is 0 Å². The number of Topliss-reactive ketones (excluding diaryl/α,β-unsaturated/α-hetero) is 1. The fraction of sp³-hybridized carbons (Fsp3) is 0.625. The summed E-state index contributed by atoms with van der Waals surface area (Å²) in [5.74, 6) is -0.136. The maximum Gasteiger partial charge on any atom is 0.410 e. The third-order valence-electron chi connectivity index (χ3n) is 4.83. The van der Waals surface area contributed by atoms with E-state index in [9.17, 15) is 14.4 Å². The number of carbonyl (C=O) groups is 3. The van der Waals surface area contributed by atoms with E-state index in [1.165, 1.54) is 11.8 Å². The number of ether oxygens (including phenoxy) is 1. The van der Waals surface area contributed by atoms with Crippen LogP contribution in [0.3, 0.4) is 0 Å². The second-order valence-corrected chi connectivity index (χ2v) is 6.73. The van der Waals surface area contributed by atoms with Gasteiger partial charge in [-0.1, -0.05) is 0 Å². The first-order chi connectivity index (χ1) is 11.2. The standard InChI is InChI=1S/C16H22N4O4/c1-10-14(12(3)21)11(2)20(17-10)7-13(22)19-6-5-16(9-19)8-18(4)15(23)24-16/h5-9H2,1-4H3/t16-/m0/s1. The minimum absolute atomic E-state index is 0.0512. The van der Waals surface area contributed by atoms with Gasteiger partial charge >= 0.3 is 6.09 Å². The molecule has 130 valence electrons. The zero-order valence-corrected chi connectivity index (χ0v) is 14.5. The summed E-state index contributed by atoms with van der Waals surface area (Å²) >= 11 is 0. The van der Waals surface area contributed by atoms with Crippen LogP contribution in [0.2, 0.25) is 0 Å². The molecule has 2 fully saturated rings. The Hall–Kier alpha value is -2.38. The maximum atomic E-state index is 12.6. The molecule has 2 amide bonds. The fourth-order valence-electron chi connectivity index (χ4n) is 3.65. The number of ketones is 1. The average Bonchev–Trinajstić information content (AvgIpc) is 3.09. The zero-order valence-electron chi connectivity index (χ0n) is 14.5. The van der Waals surface area contributed by atoms with E-state index in [1.54, 1.807) is 30.5 Å². The van der Waals surface area contributed by atoms with E-state index in [1.807, 2.05) is 0 Å². The van der Waals surface area contributed by atoms with Crippen LogP contribution in [-0.2, 0) is 16.1 Å². The normalized spacial score (nSPS) is 23.2. The summed E-state index contributed by atoms with van der Waals surface area (Å²) in [5, 5.41) is 4.31.